The third kappa shape index (κ3) is 4.52. The number of hydrogen-bond acceptors (Lipinski definition) is 6. The first-order valence-corrected chi connectivity index (χ1v) is 9.09. The van der Waals surface area contributed by atoms with Gasteiger partial charge in [0.15, 0.2) is 0 Å². The zero-order chi connectivity index (χ0) is 14.6. The summed E-state index contributed by atoms with van der Waals surface area (Å²) in [6, 6.07) is 9.13. The van der Waals surface area contributed by atoms with Gasteiger partial charge in [0, 0.05) is 30.4 Å². The maximum atomic E-state index is 11.6. The molecular formula is C12H14ClN3O2S2. The van der Waals surface area contributed by atoms with Crippen LogP contribution in [0.15, 0.2) is 30.3 Å². The van der Waals surface area contributed by atoms with Gasteiger partial charge in [-0.15, -0.1) is 5.10 Å². The van der Waals surface area contributed by atoms with Crippen molar-refractivity contribution in [3.8, 4) is 0 Å². The van der Waals surface area contributed by atoms with Crippen molar-refractivity contribution in [1.29, 1.82) is 0 Å². The van der Waals surface area contributed by atoms with E-state index in [1.165, 1.54) is 6.26 Å². The normalized spacial score (nSPS) is 13.3. The fraction of sp³-hybridized carbons (Fsp3) is 0.333. The fourth-order valence-corrected chi connectivity index (χ4v) is 3.33. The number of nitrogens with one attached hydrogen (secondary N) is 1. The molecule has 0 bridgehead atoms. The highest BCUT2D eigenvalue weighted by atomic mass is 35.5. The molecule has 20 heavy (non-hydrogen) atoms. The summed E-state index contributed by atoms with van der Waals surface area (Å²) in [5.41, 5.74) is 1.54. The monoisotopic (exact) mass is 331 g/mol. The van der Waals surface area contributed by atoms with Gasteiger partial charge in [0.25, 0.3) is 0 Å². The largest absolute Gasteiger partial charge is 0.303 e. The number of halogens is 1. The minimum Gasteiger partial charge on any atom is -0.303 e. The molecule has 0 aliphatic rings. The molecule has 0 amide bonds. The summed E-state index contributed by atoms with van der Waals surface area (Å²) in [4.78, 5) is 0. The van der Waals surface area contributed by atoms with E-state index in [0.29, 0.717) is 16.6 Å². The van der Waals surface area contributed by atoms with Crippen LogP contribution in [0.3, 0.4) is 0 Å². The second-order valence-corrected chi connectivity index (χ2v) is 7.97. The lowest BCUT2D eigenvalue weighted by molar-refractivity contribution is 0.546. The number of hydrogen-bond donors (Lipinski definition) is 1. The summed E-state index contributed by atoms with van der Waals surface area (Å²) in [7, 11) is -3.10. The smallest absolute Gasteiger partial charge is 0.149 e. The fourth-order valence-electron chi connectivity index (χ4n) is 1.78. The quantitative estimate of drug-likeness (QED) is 0.877. The molecule has 2 rings (SSSR count). The summed E-state index contributed by atoms with van der Waals surface area (Å²) in [5.74, 6) is 0.0200. The van der Waals surface area contributed by atoms with Crippen molar-refractivity contribution in [2.24, 2.45) is 0 Å². The zero-order valence-electron chi connectivity index (χ0n) is 10.8. The minimum absolute atomic E-state index is 0.0200. The van der Waals surface area contributed by atoms with Gasteiger partial charge < -0.3 is 5.32 Å². The Labute approximate surface area is 127 Å². The van der Waals surface area contributed by atoms with Crippen LogP contribution in [0.4, 0.5) is 0 Å². The van der Waals surface area contributed by atoms with Crippen LogP contribution < -0.4 is 5.32 Å². The Morgan fingerprint density at radius 3 is 2.60 bits per heavy atom. The topological polar surface area (TPSA) is 72.0 Å². The van der Waals surface area contributed by atoms with Crippen molar-refractivity contribution in [3.05, 3.63) is 45.9 Å². The average molecular weight is 332 g/mol. The molecule has 1 aromatic heterocycles. The lowest BCUT2D eigenvalue weighted by Gasteiger charge is -2.17. The van der Waals surface area contributed by atoms with Crippen molar-refractivity contribution < 1.29 is 8.42 Å². The maximum Gasteiger partial charge on any atom is 0.149 e. The Hall–Kier alpha value is -1.02. The Morgan fingerprint density at radius 1 is 1.35 bits per heavy atom. The molecule has 1 unspecified atom stereocenters. The summed E-state index contributed by atoms with van der Waals surface area (Å²) in [6.45, 7) is 0.379. The molecule has 108 valence electrons. The van der Waals surface area contributed by atoms with Crippen LogP contribution in [-0.2, 0) is 16.4 Å². The highest BCUT2D eigenvalue weighted by Crippen LogP contribution is 2.19. The van der Waals surface area contributed by atoms with Gasteiger partial charge in [-0.25, -0.2) is 8.42 Å². The van der Waals surface area contributed by atoms with Gasteiger partial charge in [-0.2, -0.15) is 0 Å². The van der Waals surface area contributed by atoms with Gasteiger partial charge >= 0.3 is 0 Å². The van der Waals surface area contributed by atoms with Crippen LogP contribution in [0, 0.1) is 0 Å². The van der Waals surface area contributed by atoms with Crippen LogP contribution in [0.5, 0.6) is 0 Å². The van der Waals surface area contributed by atoms with Crippen molar-refractivity contribution in [2.75, 3.05) is 12.0 Å². The maximum absolute atomic E-state index is 11.6. The number of nitrogens with zero attached hydrogens (tertiary/aromatic N) is 2. The van der Waals surface area contributed by atoms with Crippen LogP contribution in [0.1, 0.15) is 17.3 Å². The van der Waals surface area contributed by atoms with E-state index in [9.17, 15) is 8.42 Å². The standard InChI is InChI=1S/C12H14ClN3O2S2/c1-20(17,18)8-11(9-5-3-2-4-6-9)14-7-10-12(13)19-16-15-10/h2-6,11,14H,7-8H2,1H3. The van der Waals surface area contributed by atoms with Gasteiger partial charge in [0.2, 0.25) is 0 Å². The first kappa shape index (κ1) is 15.4. The number of sulfone groups is 1. The highest BCUT2D eigenvalue weighted by Gasteiger charge is 2.18. The van der Waals surface area contributed by atoms with Gasteiger partial charge in [0.1, 0.15) is 19.9 Å². The van der Waals surface area contributed by atoms with Crippen LogP contribution >= 0.6 is 23.1 Å². The zero-order valence-corrected chi connectivity index (χ0v) is 13.2. The van der Waals surface area contributed by atoms with Crippen molar-refractivity contribution >= 4 is 33.0 Å². The van der Waals surface area contributed by atoms with Crippen LogP contribution in [0.25, 0.3) is 0 Å². The lowest BCUT2D eigenvalue weighted by atomic mass is 10.1. The van der Waals surface area contributed by atoms with E-state index >= 15 is 0 Å². The molecule has 0 saturated carbocycles. The second kappa shape index (κ2) is 6.62. The molecule has 1 N–H and O–H groups in total. The van der Waals surface area contributed by atoms with Gasteiger partial charge in [0.05, 0.1) is 5.75 Å². The average Bonchev–Trinajstić information content (AvgIpc) is 2.80. The van der Waals surface area contributed by atoms with E-state index in [4.69, 9.17) is 11.6 Å². The molecule has 5 nitrogen and oxygen atoms in total. The molecular weight excluding hydrogens is 318 g/mol. The van der Waals surface area contributed by atoms with Crippen molar-refractivity contribution in [2.45, 2.75) is 12.6 Å². The minimum atomic E-state index is -3.10. The third-order valence-electron chi connectivity index (χ3n) is 2.70. The molecule has 8 heteroatoms. The lowest BCUT2D eigenvalue weighted by Crippen LogP contribution is -2.27. The molecule has 1 aromatic carbocycles. The Kier molecular flexibility index (Phi) is 5.09. The van der Waals surface area contributed by atoms with Crippen LogP contribution in [0.2, 0.25) is 4.34 Å². The van der Waals surface area contributed by atoms with E-state index in [1.807, 2.05) is 30.3 Å². The second-order valence-electron chi connectivity index (χ2n) is 4.43. The number of aromatic nitrogens is 2. The summed E-state index contributed by atoms with van der Waals surface area (Å²) in [5, 5.41) is 7.08. The molecule has 0 fully saturated rings. The Balaban J connectivity index is 2.13. The Bertz CT molecular complexity index is 658. The van der Waals surface area contributed by atoms with Gasteiger partial charge in [-0.1, -0.05) is 46.4 Å². The summed E-state index contributed by atoms with van der Waals surface area (Å²) >= 11 is 7.05. The summed E-state index contributed by atoms with van der Waals surface area (Å²) < 4.78 is 27.4. The molecule has 1 atom stereocenters. The van der Waals surface area contributed by atoms with Crippen molar-refractivity contribution in [1.82, 2.24) is 14.9 Å². The van der Waals surface area contributed by atoms with E-state index in [0.717, 1.165) is 17.1 Å². The van der Waals surface area contributed by atoms with Gasteiger partial charge in [-0.3, -0.25) is 0 Å². The predicted octanol–water partition coefficient (Wildman–Crippen LogP) is 2.07. The molecule has 0 saturated heterocycles. The molecule has 0 aliphatic heterocycles. The Morgan fingerprint density at radius 2 is 2.05 bits per heavy atom. The van der Waals surface area contributed by atoms with Crippen LogP contribution in [-0.4, -0.2) is 30.0 Å². The highest BCUT2D eigenvalue weighted by molar-refractivity contribution is 7.90. The predicted molar refractivity (Wildman–Crippen MR) is 80.7 cm³/mol. The van der Waals surface area contributed by atoms with Crippen molar-refractivity contribution in [3.63, 3.8) is 0 Å². The van der Waals surface area contributed by atoms with E-state index < -0.39 is 9.84 Å². The molecule has 0 radical (unpaired) electrons. The molecule has 0 aliphatic carbocycles. The summed E-state index contributed by atoms with van der Waals surface area (Å²) in [6.07, 6.45) is 1.22. The van der Waals surface area contributed by atoms with E-state index in [-0.39, 0.29) is 11.8 Å². The molecule has 2 aromatic rings. The third-order valence-corrected chi connectivity index (χ3v) is 4.62. The number of benzene rings is 1. The first-order valence-electron chi connectivity index (χ1n) is 5.88. The number of rotatable bonds is 6. The first-order chi connectivity index (χ1) is 9.46. The van der Waals surface area contributed by atoms with Gasteiger partial charge in [-0.05, 0) is 5.56 Å². The molecule has 1 heterocycles. The van der Waals surface area contributed by atoms with E-state index in [2.05, 4.69) is 14.9 Å². The molecule has 0 spiro atoms. The van der Waals surface area contributed by atoms with E-state index in [1.54, 1.807) is 0 Å². The SMILES string of the molecule is CS(=O)(=O)CC(NCc1nnsc1Cl)c1ccccc1.